The highest BCUT2D eigenvalue weighted by Gasteiger charge is 2.01. The number of benzene rings is 2. The summed E-state index contributed by atoms with van der Waals surface area (Å²) in [7, 11) is 1.60. The second-order valence-corrected chi connectivity index (χ2v) is 5.28. The average molecular weight is 343 g/mol. The zero-order valence-electron chi connectivity index (χ0n) is 11.6. The summed E-state index contributed by atoms with van der Waals surface area (Å²) < 4.78 is 5.91. The van der Waals surface area contributed by atoms with Gasteiger partial charge in [0.05, 0.1) is 7.11 Å². The lowest BCUT2D eigenvalue weighted by atomic mass is 10.1. The van der Waals surface area contributed by atoms with E-state index in [1.165, 1.54) is 0 Å². The zero-order valence-corrected chi connectivity index (χ0v) is 13.2. The molecule has 0 N–H and O–H groups in total. The van der Waals surface area contributed by atoms with Gasteiger partial charge in [-0.05, 0) is 48.1 Å². The summed E-state index contributed by atoms with van der Waals surface area (Å²) >= 11 is 3.44. The van der Waals surface area contributed by atoms with Gasteiger partial charge in [-0.1, -0.05) is 46.3 Å². The number of carbonyl (C=O) groups excluding carboxylic acids is 1. The molecule has 0 amide bonds. The molecule has 0 fully saturated rings. The molecule has 0 radical (unpaired) electrons. The monoisotopic (exact) mass is 342 g/mol. The predicted molar refractivity (Wildman–Crippen MR) is 89.8 cm³/mol. The molecule has 2 aromatic rings. The Morgan fingerprint density at radius 1 is 1.00 bits per heavy atom. The summed E-state index contributed by atoms with van der Waals surface area (Å²) in [5.41, 5.74) is 1.71. The highest BCUT2D eigenvalue weighted by atomic mass is 79.9. The van der Waals surface area contributed by atoms with Gasteiger partial charge in [-0.2, -0.15) is 0 Å². The third-order valence-electron chi connectivity index (χ3n) is 2.87. The van der Waals surface area contributed by atoms with Crippen molar-refractivity contribution in [1.82, 2.24) is 0 Å². The molecule has 0 atom stereocenters. The fourth-order valence-electron chi connectivity index (χ4n) is 1.76. The topological polar surface area (TPSA) is 26.3 Å². The smallest absolute Gasteiger partial charge is 0.185 e. The highest BCUT2D eigenvalue weighted by molar-refractivity contribution is 9.12. The third-order valence-corrected chi connectivity index (χ3v) is 3.37. The van der Waals surface area contributed by atoms with Gasteiger partial charge in [-0.15, -0.1) is 0 Å². The van der Waals surface area contributed by atoms with Crippen LogP contribution in [0.25, 0.3) is 6.08 Å². The fourth-order valence-corrected chi connectivity index (χ4v) is 2.16. The lowest BCUT2D eigenvalue weighted by Crippen LogP contribution is -1.94. The number of allylic oxidation sites excluding steroid dienone is 3. The lowest BCUT2D eigenvalue weighted by Gasteiger charge is -2.00. The second-order valence-electron chi connectivity index (χ2n) is 4.37. The maximum absolute atomic E-state index is 12.0. The number of ether oxygens (including phenoxy) is 1. The van der Waals surface area contributed by atoms with Crippen LogP contribution in [-0.2, 0) is 0 Å². The molecule has 21 heavy (non-hydrogen) atoms. The Labute approximate surface area is 132 Å². The minimum absolute atomic E-state index is 0.0453. The molecule has 2 aromatic carbocycles. The SMILES string of the molecule is COc1ccc(C(=O)C=CC(Br)=Cc2ccccc2)cc1. The molecule has 2 nitrogen and oxygen atoms in total. The van der Waals surface area contributed by atoms with E-state index in [0.717, 1.165) is 15.8 Å². The minimum atomic E-state index is -0.0453. The molecule has 0 bridgehead atoms. The Morgan fingerprint density at radius 3 is 2.29 bits per heavy atom. The molecule has 0 heterocycles. The van der Waals surface area contributed by atoms with Gasteiger partial charge < -0.3 is 4.74 Å². The molecular formula is C18H15BrO2. The Balaban J connectivity index is 2.05. The van der Waals surface area contributed by atoms with Crippen LogP contribution in [0, 0.1) is 0 Å². The number of rotatable bonds is 5. The van der Waals surface area contributed by atoms with Crippen molar-refractivity contribution in [3.63, 3.8) is 0 Å². The van der Waals surface area contributed by atoms with Gasteiger partial charge in [0.2, 0.25) is 0 Å². The summed E-state index contributed by atoms with van der Waals surface area (Å²) in [6.45, 7) is 0. The van der Waals surface area contributed by atoms with E-state index in [1.807, 2.05) is 36.4 Å². The molecule has 0 spiro atoms. The van der Waals surface area contributed by atoms with Crippen molar-refractivity contribution in [2.45, 2.75) is 0 Å². The molecular weight excluding hydrogens is 328 g/mol. The number of hydrogen-bond donors (Lipinski definition) is 0. The van der Waals surface area contributed by atoms with Crippen molar-refractivity contribution >= 4 is 27.8 Å². The van der Waals surface area contributed by atoms with Crippen molar-refractivity contribution < 1.29 is 9.53 Å². The zero-order chi connectivity index (χ0) is 15.1. The van der Waals surface area contributed by atoms with E-state index in [-0.39, 0.29) is 5.78 Å². The van der Waals surface area contributed by atoms with Crippen LogP contribution >= 0.6 is 15.9 Å². The van der Waals surface area contributed by atoms with Gasteiger partial charge in [0.15, 0.2) is 5.78 Å². The second kappa shape index (κ2) is 7.60. The summed E-state index contributed by atoms with van der Waals surface area (Å²) in [6.07, 6.45) is 5.25. The van der Waals surface area contributed by atoms with E-state index in [1.54, 1.807) is 43.5 Å². The maximum atomic E-state index is 12.0. The number of hydrogen-bond acceptors (Lipinski definition) is 2. The molecule has 2 rings (SSSR count). The van der Waals surface area contributed by atoms with Gasteiger partial charge in [-0.3, -0.25) is 4.79 Å². The molecule has 0 aromatic heterocycles. The Bertz CT molecular complexity index is 655. The Morgan fingerprint density at radius 2 is 1.67 bits per heavy atom. The largest absolute Gasteiger partial charge is 0.497 e. The first-order valence-corrected chi connectivity index (χ1v) is 7.27. The normalized spacial score (nSPS) is 11.6. The summed E-state index contributed by atoms with van der Waals surface area (Å²) in [5.74, 6) is 0.691. The van der Waals surface area contributed by atoms with E-state index in [4.69, 9.17) is 4.74 Å². The van der Waals surface area contributed by atoms with E-state index >= 15 is 0 Å². The van der Waals surface area contributed by atoms with Crippen LogP contribution in [0.15, 0.2) is 71.2 Å². The van der Waals surface area contributed by atoms with Gasteiger partial charge in [0.25, 0.3) is 0 Å². The van der Waals surface area contributed by atoms with Crippen molar-refractivity contribution in [3.8, 4) is 5.75 Å². The molecule has 0 unspecified atom stereocenters. The van der Waals surface area contributed by atoms with E-state index in [2.05, 4.69) is 15.9 Å². The van der Waals surface area contributed by atoms with Crippen LogP contribution in [0.5, 0.6) is 5.75 Å². The van der Waals surface area contributed by atoms with Crippen molar-refractivity contribution in [1.29, 1.82) is 0 Å². The van der Waals surface area contributed by atoms with Crippen LogP contribution < -0.4 is 4.74 Å². The van der Waals surface area contributed by atoms with Gasteiger partial charge in [0.1, 0.15) is 5.75 Å². The number of carbonyl (C=O) groups is 1. The van der Waals surface area contributed by atoms with Gasteiger partial charge in [0, 0.05) is 10.0 Å². The van der Waals surface area contributed by atoms with Gasteiger partial charge in [-0.25, -0.2) is 0 Å². The van der Waals surface area contributed by atoms with E-state index in [9.17, 15) is 4.79 Å². The Hall–Kier alpha value is -2.13. The molecule has 0 aliphatic carbocycles. The van der Waals surface area contributed by atoms with Crippen LogP contribution in [0.1, 0.15) is 15.9 Å². The molecule has 0 saturated carbocycles. The minimum Gasteiger partial charge on any atom is -0.497 e. The Kier molecular flexibility index (Phi) is 5.52. The molecule has 3 heteroatoms. The third kappa shape index (κ3) is 4.72. The number of ketones is 1. The highest BCUT2D eigenvalue weighted by Crippen LogP contribution is 2.15. The first-order chi connectivity index (χ1) is 10.2. The van der Waals surface area contributed by atoms with Crippen molar-refractivity contribution in [2.75, 3.05) is 7.11 Å². The average Bonchev–Trinajstić information content (AvgIpc) is 2.53. The maximum Gasteiger partial charge on any atom is 0.185 e. The van der Waals surface area contributed by atoms with E-state index in [0.29, 0.717) is 5.56 Å². The fraction of sp³-hybridized carbons (Fsp3) is 0.0556. The molecule has 0 aliphatic heterocycles. The van der Waals surface area contributed by atoms with Crippen molar-refractivity contribution in [2.24, 2.45) is 0 Å². The van der Waals surface area contributed by atoms with Gasteiger partial charge >= 0.3 is 0 Å². The molecule has 106 valence electrons. The lowest BCUT2D eigenvalue weighted by molar-refractivity contribution is 0.104. The van der Waals surface area contributed by atoms with Crippen LogP contribution in [0.4, 0.5) is 0 Å². The summed E-state index contributed by atoms with van der Waals surface area (Å²) in [4.78, 5) is 12.0. The standard InChI is InChI=1S/C18H15BrO2/c1-21-17-10-7-15(8-11-17)18(20)12-9-16(19)13-14-5-3-2-4-6-14/h2-13H,1H3. The van der Waals surface area contributed by atoms with Crippen LogP contribution in [0.2, 0.25) is 0 Å². The number of methoxy groups -OCH3 is 1. The van der Waals surface area contributed by atoms with Crippen LogP contribution in [-0.4, -0.2) is 12.9 Å². The van der Waals surface area contributed by atoms with Crippen molar-refractivity contribution in [3.05, 3.63) is 82.4 Å². The molecule has 0 saturated heterocycles. The first-order valence-electron chi connectivity index (χ1n) is 6.48. The summed E-state index contributed by atoms with van der Waals surface area (Å²) in [6, 6.07) is 17.0. The summed E-state index contributed by atoms with van der Waals surface area (Å²) in [5, 5.41) is 0. The molecule has 0 aliphatic rings. The first kappa shape index (κ1) is 15.3. The predicted octanol–water partition coefficient (Wildman–Crippen LogP) is 4.87. The van der Waals surface area contributed by atoms with Crippen LogP contribution in [0.3, 0.4) is 0 Å². The quantitative estimate of drug-likeness (QED) is 0.440. The van der Waals surface area contributed by atoms with E-state index < -0.39 is 0 Å². The number of halogens is 1.